The highest BCUT2D eigenvalue weighted by atomic mass is 19.4. The number of hydrogen-bond acceptors (Lipinski definition) is 13. The second-order valence-electron chi connectivity index (χ2n) is 19.2. The second kappa shape index (κ2) is 23.9. The fourth-order valence-corrected chi connectivity index (χ4v) is 10.1. The zero-order valence-corrected chi connectivity index (χ0v) is 40.7. The van der Waals surface area contributed by atoms with Gasteiger partial charge in [0.2, 0.25) is 35.4 Å². The molecule has 0 unspecified atom stereocenters. The van der Waals surface area contributed by atoms with E-state index in [0.29, 0.717) is 44.2 Å². The summed E-state index contributed by atoms with van der Waals surface area (Å²) < 4.78 is 51.8. The van der Waals surface area contributed by atoms with Crippen molar-refractivity contribution in [1.29, 1.82) is 0 Å². The SMILES string of the molecule is CC(C)N(C)[C@@H]1CC[C@H](N2CC[C@H](Nc3ncnc4ccc(C(F)(F)F)cc34)C2=O)[C@H](NC(=O)[C@H]2C[C@@H](NC(=O)CCOCCOCCNC(=O)CCNC(=O)[C@H]3CC(=O)N(C)[C@@H]3c3cccnc3)C2)C1. The Morgan fingerprint density at radius 1 is 0.887 bits per heavy atom. The molecule has 386 valence electrons. The van der Waals surface area contributed by atoms with Crippen LogP contribution >= 0.6 is 0 Å². The van der Waals surface area contributed by atoms with Crippen LogP contribution in [0.3, 0.4) is 0 Å². The molecule has 2 aliphatic carbocycles. The van der Waals surface area contributed by atoms with E-state index in [9.17, 15) is 41.9 Å². The highest BCUT2D eigenvalue weighted by Crippen LogP contribution is 2.38. The summed E-state index contributed by atoms with van der Waals surface area (Å²) in [6.45, 7) is 5.96. The van der Waals surface area contributed by atoms with Gasteiger partial charge >= 0.3 is 6.18 Å². The zero-order chi connectivity index (χ0) is 50.8. The van der Waals surface area contributed by atoms with Gasteiger partial charge in [-0.15, -0.1) is 0 Å². The number of rotatable bonds is 22. The third-order valence-corrected chi connectivity index (χ3v) is 14.3. The first-order valence-electron chi connectivity index (χ1n) is 24.5. The van der Waals surface area contributed by atoms with E-state index < -0.39 is 29.7 Å². The second-order valence-corrected chi connectivity index (χ2v) is 19.2. The number of ether oxygens (including phenoxy) is 2. The first-order chi connectivity index (χ1) is 34.0. The Kier molecular flexibility index (Phi) is 17.8. The van der Waals surface area contributed by atoms with Crippen molar-refractivity contribution in [3.8, 4) is 0 Å². The lowest BCUT2D eigenvalue weighted by Gasteiger charge is -2.45. The number of carbonyl (C=O) groups is 6. The Morgan fingerprint density at radius 3 is 2.39 bits per heavy atom. The van der Waals surface area contributed by atoms with Crippen LogP contribution < -0.4 is 26.6 Å². The Morgan fingerprint density at radius 2 is 1.66 bits per heavy atom. The summed E-state index contributed by atoms with van der Waals surface area (Å²) in [4.78, 5) is 96.1. The topological polar surface area (TPSA) is 229 Å². The molecule has 22 heteroatoms. The highest BCUT2D eigenvalue weighted by Gasteiger charge is 2.46. The predicted molar refractivity (Wildman–Crippen MR) is 254 cm³/mol. The van der Waals surface area contributed by atoms with Crippen LogP contribution in [0.4, 0.5) is 19.0 Å². The van der Waals surface area contributed by atoms with Crippen LogP contribution in [0.5, 0.6) is 0 Å². The number of alkyl halides is 3. The van der Waals surface area contributed by atoms with E-state index in [2.05, 4.69) is 67.3 Å². The zero-order valence-electron chi connectivity index (χ0n) is 40.7. The van der Waals surface area contributed by atoms with Crippen LogP contribution in [0.1, 0.15) is 88.8 Å². The van der Waals surface area contributed by atoms with Gasteiger partial charge in [-0.05, 0) is 89.2 Å². The maximum atomic E-state index is 14.0. The van der Waals surface area contributed by atoms with Crippen LogP contribution in [0, 0.1) is 11.8 Å². The fraction of sp³-hybridized carbons (Fsp3) is 0.612. The van der Waals surface area contributed by atoms with E-state index in [-0.39, 0.29) is 142 Å². The van der Waals surface area contributed by atoms with E-state index in [1.54, 1.807) is 35.3 Å². The Balaban J connectivity index is 0.766. The van der Waals surface area contributed by atoms with E-state index in [0.717, 1.165) is 24.1 Å². The number of carbonyl (C=O) groups excluding carboxylic acids is 6. The minimum Gasteiger partial charge on any atom is -0.379 e. The third-order valence-electron chi connectivity index (χ3n) is 14.3. The molecular formula is C49H66F3N11O8. The minimum atomic E-state index is -4.56. The highest BCUT2D eigenvalue weighted by molar-refractivity contribution is 5.94. The van der Waals surface area contributed by atoms with E-state index >= 15 is 0 Å². The van der Waals surface area contributed by atoms with Gasteiger partial charge in [0, 0.05) is 87.8 Å². The van der Waals surface area contributed by atoms with Gasteiger partial charge < -0.3 is 50.8 Å². The number of nitrogens with one attached hydrogen (secondary N) is 5. The van der Waals surface area contributed by atoms with Crippen molar-refractivity contribution in [2.24, 2.45) is 11.8 Å². The van der Waals surface area contributed by atoms with Crippen molar-refractivity contribution in [3.63, 3.8) is 0 Å². The molecule has 2 aromatic heterocycles. The summed E-state index contributed by atoms with van der Waals surface area (Å²) >= 11 is 0. The molecule has 6 amide bonds. The molecule has 2 saturated heterocycles. The molecule has 5 N–H and O–H groups in total. The molecule has 4 aliphatic rings. The van der Waals surface area contributed by atoms with E-state index in [1.165, 1.54) is 12.4 Å². The summed E-state index contributed by atoms with van der Waals surface area (Å²) in [6, 6.07) is 5.39. The molecule has 3 aromatic rings. The maximum absolute atomic E-state index is 14.0. The molecule has 7 rings (SSSR count). The molecule has 0 radical (unpaired) electrons. The number of hydrogen-bond donors (Lipinski definition) is 5. The number of likely N-dealkylation sites (tertiary alicyclic amines) is 2. The number of anilines is 1. The van der Waals surface area contributed by atoms with Gasteiger partial charge in [0.05, 0.1) is 61.6 Å². The van der Waals surface area contributed by atoms with Gasteiger partial charge in [0.25, 0.3) is 0 Å². The summed E-state index contributed by atoms with van der Waals surface area (Å²) in [5.74, 6) is -1.92. The smallest absolute Gasteiger partial charge is 0.379 e. The molecule has 0 bridgehead atoms. The Hall–Kier alpha value is -6.00. The number of amides is 6. The van der Waals surface area contributed by atoms with Gasteiger partial charge in [-0.2, -0.15) is 13.2 Å². The van der Waals surface area contributed by atoms with Crippen molar-refractivity contribution in [1.82, 2.24) is 50.9 Å². The van der Waals surface area contributed by atoms with Crippen LogP contribution in [0.15, 0.2) is 49.1 Å². The standard InChI is InChI=1S/C49H66F3N11O8/c1-29(2)61(3)34-8-10-40(63-17-12-38(48(63)69)59-45-35-24-32(49(50,51)52)7-9-37(35)56-28-57-45)39(25-34)60-46(67)31-22-33(23-31)58-42(65)13-18-70-20-21-71-19-16-54-41(64)11-15-55-47(68)36-26-43(66)62(4)44(36)30-6-5-14-53-27-30/h5-7,9,14,24,27-29,31,33-34,36,38-40,44H,8,10-13,15-23,25-26H2,1-4H3,(H,54,64)(H,55,68)(H,58,65)(H,60,67)(H,56,57,59)/t31-,33+,34-,36+,38+,39-,40+,44-/m1/s1. The molecule has 6 atom stereocenters. The fourth-order valence-electron chi connectivity index (χ4n) is 10.1. The van der Waals surface area contributed by atoms with Gasteiger partial charge in [0.1, 0.15) is 18.2 Å². The van der Waals surface area contributed by atoms with E-state index in [4.69, 9.17) is 9.47 Å². The van der Waals surface area contributed by atoms with Crippen molar-refractivity contribution < 1.29 is 51.4 Å². The molecule has 4 fully saturated rings. The van der Waals surface area contributed by atoms with Crippen molar-refractivity contribution in [2.45, 2.75) is 120 Å². The molecule has 1 aromatic carbocycles. The summed E-state index contributed by atoms with van der Waals surface area (Å²) in [6.07, 6.45) is 3.75. The molecule has 71 heavy (non-hydrogen) atoms. The Bertz CT molecular complexity index is 2360. The van der Waals surface area contributed by atoms with Gasteiger partial charge in [-0.3, -0.25) is 33.8 Å². The average molecular weight is 994 g/mol. The molecule has 0 spiro atoms. The Labute approximate surface area is 411 Å². The van der Waals surface area contributed by atoms with Crippen molar-refractivity contribution in [2.75, 3.05) is 65.5 Å². The number of aromatic nitrogens is 3. The lowest BCUT2D eigenvalue weighted by molar-refractivity contribution is -0.137. The normalized spacial score (nSPS) is 24.6. The van der Waals surface area contributed by atoms with E-state index in [1.807, 2.05) is 6.07 Å². The summed E-state index contributed by atoms with van der Waals surface area (Å²) in [7, 11) is 3.73. The third kappa shape index (κ3) is 13.5. The van der Waals surface area contributed by atoms with Crippen LogP contribution in [-0.4, -0.2) is 162 Å². The molecule has 4 heterocycles. The molecule has 2 aliphatic heterocycles. The van der Waals surface area contributed by atoms with Crippen LogP contribution in [0.2, 0.25) is 0 Å². The number of benzene rings is 1. The lowest BCUT2D eigenvalue weighted by atomic mass is 9.78. The largest absolute Gasteiger partial charge is 0.416 e. The number of nitrogens with zero attached hydrogens (tertiary/aromatic N) is 6. The molecular weight excluding hydrogens is 928 g/mol. The first kappa shape index (κ1) is 52.8. The van der Waals surface area contributed by atoms with Crippen molar-refractivity contribution >= 4 is 52.2 Å². The predicted octanol–water partition coefficient (Wildman–Crippen LogP) is 2.96. The van der Waals surface area contributed by atoms with Gasteiger partial charge in [-0.25, -0.2) is 9.97 Å². The summed E-state index contributed by atoms with van der Waals surface area (Å²) in [5, 5.41) is 15.0. The minimum absolute atomic E-state index is 0.0663. The molecule has 19 nitrogen and oxygen atoms in total. The molecule has 2 saturated carbocycles. The maximum Gasteiger partial charge on any atom is 0.416 e. The van der Waals surface area contributed by atoms with Crippen molar-refractivity contribution in [3.05, 3.63) is 60.2 Å². The van der Waals surface area contributed by atoms with Crippen LogP contribution in [-0.2, 0) is 44.4 Å². The number of fused-ring (bicyclic) bond motifs is 1. The average Bonchev–Trinajstić information content (AvgIpc) is 3.84. The van der Waals surface area contributed by atoms with Gasteiger partial charge in [0.15, 0.2) is 0 Å². The van der Waals surface area contributed by atoms with Crippen LogP contribution in [0.25, 0.3) is 10.9 Å². The summed E-state index contributed by atoms with van der Waals surface area (Å²) in [5.41, 5.74) is 0.259. The number of halogens is 3. The monoisotopic (exact) mass is 994 g/mol. The quantitative estimate of drug-likeness (QED) is 0.0914. The lowest BCUT2D eigenvalue weighted by Crippen LogP contribution is -2.60. The van der Waals surface area contributed by atoms with Gasteiger partial charge in [-0.1, -0.05) is 6.07 Å². The number of pyridine rings is 1. The first-order valence-corrected chi connectivity index (χ1v) is 24.5.